The summed E-state index contributed by atoms with van der Waals surface area (Å²) in [7, 11) is 0. The second-order valence-corrected chi connectivity index (χ2v) is 7.81. The van der Waals surface area contributed by atoms with Crippen LogP contribution in [0.4, 0.5) is 9.18 Å². The van der Waals surface area contributed by atoms with Gasteiger partial charge < -0.3 is 14.7 Å². The quantitative estimate of drug-likeness (QED) is 0.887. The summed E-state index contributed by atoms with van der Waals surface area (Å²) in [5, 5.41) is 10.7. The van der Waals surface area contributed by atoms with Crippen molar-refractivity contribution in [2.75, 3.05) is 6.54 Å². The maximum atomic E-state index is 13.5. The molecule has 25 heavy (non-hydrogen) atoms. The van der Waals surface area contributed by atoms with Crippen molar-refractivity contribution in [3.8, 4) is 0 Å². The van der Waals surface area contributed by atoms with E-state index in [1.54, 1.807) is 4.90 Å². The number of hydrogen-bond donors (Lipinski definition) is 1. The van der Waals surface area contributed by atoms with Crippen molar-refractivity contribution in [2.24, 2.45) is 5.92 Å². The third kappa shape index (κ3) is 5.39. The summed E-state index contributed by atoms with van der Waals surface area (Å²) in [6.07, 6.45) is 4.79. The van der Waals surface area contributed by atoms with E-state index < -0.39 is 29.7 Å². The van der Waals surface area contributed by atoms with Gasteiger partial charge in [-0.3, -0.25) is 4.98 Å². The van der Waals surface area contributed by atoms with Crippen LogP contribution in [0.2, 0.25) is 0 Å². The van der Waals surface area contributed by atoms with E-state index in [1.807, 2.05) is 20.8 Å². The first-order valence-corrected chi connectivity index (χ1v) is 8.99. The number of aliphatic hydroxyl groups is 1. The predicted molar refractivity (Wildman–Crippen MR) is 93.5 cm³/mol. The first-order chi connectivity index (χ1) is 11.7. The van der Waals surface area contributed by atoms with Crippen molar-refractivity contribution in [1.82, 2.24) is 9.88 Å². The molecule has 1 amide bonds. The molecule has 0 aromatic carbocycles. The van der Waals surface area contributed by atoms with Crippen LogP contribution in [0, 0.1) is 11.7 Å². The number of hydrogen-bond acceptors (Lipinski definition) is 4. The minimum Gasteiger partial charge on any atom is -0.444 e. The van der Waals surface area contributed by atoms with Gasteiger partial charge in [0.25, 0.3) is 0 Å². The Kier molecular flexibility index (Phi) is 6.38. The molecule has 0 unspecified atom stereocenters. The molecular formula is C19H29FN2O3. The number of amides is 1. The molecule has 5 nitrogen and oxygen atoms in total. The van der Waals surface area contributed by atoms with Gasteiger partial charge in [0.05, 0.1) is 12.2 Å². The molecule has 2 heterocycles. The number of carbonyl (C=O) groups is 1. The molecule has 1 aromatic heterocycles. The Morgan fingerprint density at radius 3 is 2.76 bits per heavy atom. The van der Waals surface area contributed by atoms with E-state index in [9.17, 15) is 14.3 Å². The second kappa shape index (κ2) is 8.13. The molecule has 0 aliphatic carbocycles. The number of ether oxygens (including phenoxy) is 1. The monoisotopic (exact) mass is 352 g/mol. The number of rotatable bonds is 4. The van der Waals surface area contributed by atoms with E-state index in [0.29, 0.717) is 24.4 Å². The van der Waals surface area contributed by atoms with Gasteiger partial charge in [-0.25, -0.2) is 9.18 Å². The molecular weight excluding hydrogens is 323 g/mol. The van der Waals surface area contributed by atoms with E-state index in [0.717, 1.165) is 25.5 Å². The van der Waals surface area contributed by atoms with Crippen LogP contribution in [0.3, 0.4) is 0 Å². The van der Waals surface area contributed by atoms with Gasteiger partial charge in [-0.15, -0.1) is 0 Å². The SMILES string of the molecule is CCC[C@@H]1CC[C@H]([C@@H](O)c2cncc(F)c2)N(C(=O)OC(C)(C)C)C1. The molecule has 1 fully saturated rings. The maximum absolute atomic E-state index is 13.5. The number of halogens is 1. The summed E-state index contributed by atoms with van der Waals surface area (Å²) in [5.41, 5.74) is -0.225. The predicted octanol–water partition coefficient (Wildman–Crippen LogP) is 4.07. The fraction of sp³-hybridized carbons (Fsp3) is 0.684. The highest BCUT2D eigenvalue weighted by Crippen LogP contribution is 2.33. The number of aromatic nitrogens is 1. The molecule has 6 heteroatoms. The van der Waals surface area contributed by atoms with E-state index >= 15 is 0 Å². The van der Waals surface area contributed by atoms with Crippen LogP contribution < -0.4 is 0 Å². The summed E-state index contributed by atoms with van der Waals surface area (Å²) in [6, 6.07) is 0.829. The first kappa shape index (κ1) is 19.6. The van der Waals surface area contributed by atoms with E-state index in [-0.39, 0.29) is 0 Å². The summed E-state index contributed by atoms with van der Waals surface area (Å²) in [5.74, 6) is -0.105. The van der Waals surface area contributed by atoms with Gasteiger partial charge in [-0.1, -0.05) is 13.3 Å². The Morgan fingerprint density at radius 2 is 2.16 bits per heavy atom. The summed E-state index contributed by atoms with van der Waals surface area (Å²) < 4.78 is 19.0. The van der Waals surface area contributed by atoms with Crippen LogP contribution in [0.1, 0.15) is 65.0 Å². The Hall–Kier alpha value is -1.69. The third-order valence-corrected chi connectivity index (χ3v) is 4.48. The molecule has 0 spiro atoms. The fourth-order valence-corrected chi connectivity index (χ4v) is 3.38. The molecule has 1 saturated heterocycles. The molecule has 2 rings (SSSR count). The highest BCUT2D eigenvalue weighted by atomic mass is 19.1. The molecule has 1 aromatic rings. The lowest BCUT2D eigenvalue weighted by Crippen LogP contribution is -2.51. The zero-order valence-corrected chi connectivity index (χ0v) is 15.5. The smallest absolute Gasteiger partial charge is 0.410 e. The van der Waals surface area contributed by atoms with Crippen LogP contribution in [-0.2, 0) is 4.74 Å². The van der Waals surface area contributed by atoms with Crippen molar-refractivity contribution in [3.63, 3.8) is 0 Å². The van der Waals surface area contributed by atoms with Crippen molar-refractivity contribution >= 4 is 6.09 Å². The Labute approximate surface area is 149 Å². The lowest BCUT2D eigenvalue weighted by molar-refractivity contribution is -0.0268. The fourth-order valence-electron chi connectivity index (χ4n) is 3.38. The van der Waals surface area contributed by atoms with Gasteiger partial charge in [-0.2, -0.15) is 0 Å². The maximum Gasteiger partial charge on any atom is 0.410 e. The van der Waals surface area contributed by atoms with Crippen LogP contribution >= 0.6 is 0 Å². The summed E-state index contributed by atoms with van der Waals surface area (Å²) in [4.78, 5) is 18.1. The Bertz CT molecular complexity index is 588. The molecule has 0 bridgehead atoms. The topological polar surface area (TPSA) is 62.7 Å². The zero-order chi connectivity index (χ0) is 18.6. The summed E-state index contributed by atoms with van der Waals surface area (Å²) >= 11 is 0. The largest absolute Gasteiger partial charge is 0.444 e. The molecule has 0 radical (unpaired) electrons. The lowest BCUT2D eigenvalue weighted by atomic mass is 9.86. The van der Waals surface area contributed by atoms with Gasteiger partial charge in [0.1, 0.15) is 17.5 Å². The van der Waals surface area contributed by atoms with Crippen molar-refractivity contribution in [2.45, 2.75) is 71.1 Å². The number of carbonyl (C=O) groups excluding carboxylic acids is 1. The first-order valence-electron chi connectivity index (χ1n) is 8.99. The number of nitrogens with zero attached hydrogens (tertiary/aromatic N) is 2. The lowest BCUT2D eigenvalue weighted by Gasteiger charge is -2.42. The van der Waals surface area contributed by atoms with Crippen LogP contribution in [0.15, 0.2) is 18.5 Å². The van der Waals surface area contributed by atoms with Crippen molar-refractivity contribution in [1.29, 1.82) is 0 Å². The number of piperidine rings is 1. The van der Waals surface area contributed by atoms with Crippen molar-refractivity contribution in [3.05, 3.63) is 29.8 Å². The molecule has 3 atom stereocenters. The van der Waals surface area contributed by atoms with Crippen LogP contribution in [0.25, 0.3) is 0 Å². The van der Waals surface area contributed by atoms with E-state index in [1.165, 1.54) is 12.3 Å². The van der Waals surface area contributed by atoms with Gasteiger partial charge >= 0.3 is 6.09 Å². The standard InChI is InChI=1S/C19H29FN2O3/c1-5-6-13-7-8-16(17(23)14-9-15(20)11-21-10-14)22(12-13)18(24)25-19(2,3)4/h9-11,13,16-17,23H,5-8,12H2,1-4H3/t13-,16-,17+/m1/s1. The highest BCUT2D eigenvalue weighted by Gasteiger charge is 2.38. The number of aliphatic hydroxyl groups excluding tert-OH is 1. The molecule has 1 aliphatic heterocycles. The summed E-state index contributed by atoms with van der Waals surface area (Å²) in [6.45, 7) is 8.13. The zero-order valence-electron chi connectivity index (χ0n) is 15.5. The van der Waals surface area contributed by atoms with Gasteiger partial charge in [0.15, 0.2) is 0 Å². The van der Waals surface area contributed by atoms with E-state index in [2.05, 4.69) is 11.9 Å². The number of likely N-dealkylation sites (tertiary alicyclic amines) is 1. The number of pyridine rings is 1. The Balaban J connectivity index is 2.22. The van der Waals surface area contributed by atoms with Crippen LogP contribution in [-0.4, -0.2) is 39.3 Å². The highest BCUT2D eigenvalue weighted by molar-refractivity contribution is 5.69. The second-order valence-electron chi connectivity index (χ2n) is 7.81. The average molecular weight is 352 g/mol. The van der Waals surface area contributed by atoms with Gasteiger partial charge in [-0.05, 0) is 52.0 Å². The van der Waals surface area contributed by atoms with Gasteiger partial charge in [0, 0.05) is 18.3 Å². The normalized spacial score (nSPS) is 22.6. The molecule has 140 valence electrons. The molecule has 0 saturated carbocycles. The third-order valence-electron chi connectivity index (χ3n) is 4.48. The molecule has 1 N–H and O–H groups in total. The van der Waals surface area contributed by atoms with Crippen LogP contribution in [0.5, 0.6) is 0 Å². The van der Waals surface area contributed by atoms with E-state index in [4.69, 9.17) is 4.74 Å². The Morgan fingerprint density at radius 1 is 1.44 bits per heavy atom. The van der Waals surface area contributed by atoms with Gasteiger partial charge in [0.2, 0.25) is 0 Å². The molecule has 1 aliphatic rings. The minimum absolute atomic E-state index is 0.382. The van der Waals surface area contributed by atoms with Crippen molar-refractivity contribution < 1.29 is 19.0 Å². The minimum atomic E-state index is -0.988. The average Bonchev–Trinajstić information content (AvgIpc) is 2.53.